The third-order valence-electron chi connectivity index (χ3n) is 2.11. The lowest BCUT2D eigenvalue weighted by Gasteiger charge is -2.13. The smallest absolute Gasteiger partial charge is 0.236 e. The van der Waals surface area contributed by atoms with E-state index >= 15 is 0 Å². The Morgan fingerprint density at radius 3 is 2.94 bits per heavy atom. The van der Waals surface area contributed by atoms with Gasteiger partial charge >= 0.3 is 0 Å². The van der Waals surface area contributed by atoms with Crippen molar-refractivity contribution < 1.29 is 9.32 Å². The van der Waals surface area contributed by atoms with E-state index in [1.807, 2.05) is 13.8 Å². The Morgan fingerprint density at radius 1 is 1.62 bits per heavy atom. The molecule has 1 heterocycles. The van der Waals surface area contributed by atoms with Crippen LogP contribution in [0.5, 0.6) is 0 Å². The summed E-state index contributed by atoms with van der Waals surface area (Å²) in [6.45, 7) is 4.53. The lowest BCUT2D eigenvalue weighted by molar-refractivity contribution is -0.122. The van der Waals surface area contributed by atoms with Crippen molar-refractivity contribution in [3.05, 3.63) is 12.2 Å². The van der Waals surface area contributed by atoms with Gasteiger partial charge in [0.2, 0.25) is 11.8 Å². The van der Waals surface area contributed by atoms with Gasteiger partial charge in [0.25, 0.3) is 0 Å². The third kappa shape index (κ3) is 4.39. The fourth-order valence-electron chi connectivity index (χ4n) is 1.34. The molecule has 0 fully saturated rings. The lowest BCUT2D eigenvalue weighted by atomic mass is 10.0. The molecule has 1 aromatic rings. The van der Waals surface area contributed by atoms with Crippen LogP contribution in [0.3, 0.4) is 0 Å². The molecule has 16 heavy (non-hydrogen) atoms. The van der Waals surface area contributed by atoms with Gasteiger partial charge in [-0.15, -0.1) is 0 Å². The molecule has 0 bridgehead atoms. The van der Waals surface area contributed by atoms with Crippen LogP contribution in [0.15, 0.2) is 10.9 Å². The highest BCUT2D eigenvalue weighted by molar-refractivity contribution is 5.81. The van der Waals surface area contributed by atoms with Crippen LogP contribution in [0.25, 0.3) is 0 Å². The van der Waals surface area contributed by atoms with Gasteiger partial charge in [0.05, 0.1) is 6.04 Å². The number of hydrogen-bond donors (Lipinski definition) is 2. The van der Waals surface area contributed by atoms with E-state index in [4.69, 9.17) is 10.3 Å². The van der Waals surface area contributed by atoms with Gasteiger partial charge in [0, 0.05) is 13.0 Å². The van der Waals surface area contributed by atoms with Crippen molar-refractivity contribution in [2.75, 3.05) is 6.54 Å². The van der Waals surface area contributed by atoms with Crippen molar-refractivity contribution in [1.82, 2.24) is 15.5 Å². The second kappa shape index (κ2) is 6.22. The molecule has 90 valence electrons. The standard InChI is InChI=1S/C10H18N4O2/c1-7(2)5-8(11)10(15)12-4-3-9-13-6-14-16-9/h6-8H,3-5,11H2,1-2H3,(H,12,15)/t8-/m1/s1. The average Bonchev–Trinajstić information content (AvgIpc) is 2.69. The van der Waals surface area contributed by atoms with Crippen LogP contribution >= 0.6 is 0 Å². The third-order valence-corrected chi connectivity index (χ3v) is 2.11. The largest absolute Gasteiger partial charge is 0.354 e. The van der Waals surface area contributed by atoms with Crippen LogP contribution in [0.2, 0.25) is 0 Å². The molecule has 1 atom stereocenters. The lowest BCUT2D eigenvalue weighted by Crippen LogP contribution is -2.42. The fourth-order valence-corrected chi connectivity index (χ4v) is 1.34. The van der Waals surface area contributed by atoms with Crippen LogP contribution in [0.1, 0.15) is 26.2 Å². The summed E-state index contributed by atoms with van der Waals surface area (Å²) < 4.78 is 4.80. The zero-order valence-corrected chi connectivity index (χ0v) is 9.64. The molecule has 0 aromatic carbocycles. The first-order valence-corrected chi connectivity index (χ1v) is 5.38. The number of nitrogens with zero attached hydrogens (tertiary/aromatic N) is 2. The van der Waals surface area contributed by atoms with Crippen molar-refractivity contribution in [2.24, 2.45) is 11.7 Å². The second-order valence-corrected chi connectivity index (χ2v) is 4.11. The number of carbonyl (C=O) groups excluding carboxylic acids is 1. The van der Waals surface area contributed by atoms with Gasteiger partial charge in [0.15, 0.2) is 6.33 Å². The molecule has 0 aliphatic rings. The highest BCUT2D eigenvalue weighted by Gasteiger charge is 2.14. The molecule has 0 aliphatic heterocycles. The number of amides is 1. The molecule has 0 aliphatic carbocycles. The Bertz CT molecular complexity index is 311. The first kappa shape index (κ1) is 12.6. The zero-order valence-electron chi connectivity index (χ0n) is 9.64. The number of nitrogens with one attached hydrogen (secondary N) is 1. The normalized spacial score (nSPS) is 12.8. The summed E-state index contributed by atoms with van der Waals surface area (Å²) in [5, 5.41) is 6.21. The van der Waals surface area contributed by atoms with Crippen molar-refractivity contribution in [3.8, 4) is 0 Å². The summed E-state index contributed by atoms with van der Waals surface area (Å²) in [7, 11) is 0. The number of hydrogen-bond acceptors (Lipinski definition) is 5. The maximum absolute atomic E-state index is 11.5. The van der Waals surface area contributed by atoms with E-state index < -0.39 is 6.04 Å². The topological polar surface area (TPSA) is 94.0 Å². The molecular weight excluding hydrogens is 208 g/mol. The van der Waals surface area contributed by atoms with Gasteiger partial charge < -0.3 is 15.6 Å². The first-order valence-electron chi connectivity index (χ1n) is 5.38. The molecule has 1 aromatic heterocycles. The predicted octanol–water partition coefficient (Wildman–Crippen LogP) is 0.102. The molecule has 0 radical (unpaired) electrons. The van der Waals surface area contributed by atoms with Crippen LogP contribution in [-0.4, -0.2) is 28.6 Å². The maximum atomic E-state index is 11.5. The van der Waals surface area contributed by atoms with Crippen LogP contribution in [-0.2, 0) is 11.2 Å². The maximum Gasteiger partial charge on any atom is 0.236 e. The molecule has 3 N–H and O–H groups in total. The summed E-state index contributed by atoms with van der Waals surface area (Å²) in [6.07, 6.45) is 2.55. The van der Waals surface area contributed by atoms with Crippen LogP contribution in [0.4, 0.5) is 0 Å². The summed E-state index contributed by atoms with van der Waals surface area (Å²) in [5.41, 5.74) is 5.71. The minimum atomic E-state index is -0.442. The quantitative estimate of drug-likeness (QED) is 0.717. The Balaban J connectivity index is 2.19. The molecule has 0 saturated heterocycles. The monoisotopic (exact) mass is 226 g/mol. The van der Waals surface area contributed by atoms with Gasteiger partial charge in [-0.2, -0.15) is 4.98 Å². The summed E-state index contributed by atoms with van der Waals surface area (Å²) in [4.78, 5) is 15.4. The minimum Gasteiger partial charge on any atom is -0.354 e. The van der Waals surface area contributed by atoms with Gasteiger partial charge in [-0.1, -0.05) is 19.0 Å². The van der Waals surface area contributed by atoms with E-state index in [1.165, 1.54) is 6.33 Å². The Morgan fingerprint density at radius 2 is 2.38 bits per heavy atom. The van der Waals surface area contributed by atoms with E-state index in [9.17, 15) is 4.79 Å². The van der Waals surface area contributed by atoms with Crippen LogP contribution in [0, 0.1) is 5.92 Å². The highest BCUT2D eigenvalue weighted by Crippen LogP contribution is 2.02. The summed E-state index contributed by atoms with van der Waals surface area (Å²) in [5.74, 6) is 0.794. The Kier molecular flexibility index (Phi) is 4.91. The molecule has 0 unspecified atom stereocenters. The Labute approximate surface area is 94.6 Å². The number of aromatic nitrogens is 2. The van der Waals surface area contributed by atoms with Gasteiger partial charge in [-0.25, -0.2) is 0 Å². The second-order valence-electron chi connectivity index (χ2n) is 4.11. The molecule has 0 saturated carbocycles. The SMILES string of the molecule is CC(C)C[C@@H](N)C(=O)NCCc1ncno1. The van der Waals surface area contributed by atoms with Gasteiger partial charge in [-0.05, 0) is 12.3 Å². The van der Waals surface area contributed by atoms with E-state index in [2.05, 4.69) is 15.5 Å². The first-order chi connectivity index (χ1) is 7.59. The number of rotatable bonds is 6. The summed E-state index contributed by atoms with van der Waals surface area (Å²) in [6, 6.07) is -0.442. The zero-order chi connectivity index (χ0) is 12.0. The van der Waals surface area contributed by atoms with Crippen molar-refractivity contribution in [2.45, 2.75) is 32.7 Å². The average molecular weight is 226 g/mol. The minimum absolute atomic E-state index is 0.131. The van der Waals surface area contributed by atoms with Crippen molar-refractivity contribution in [3.63, 3.8) is 0 Å². The van der Waals surface area contributed by atoms with E-state index in [0.29, 0.717) is 31.2 Å². The molecule has 6 heteroatoms. The fraction of sp³-hybridized carbons (Fsp3) is 0.700. The van der Waals surface area contributed by atoms with Crippen molar-refractivity contribution >= 4 is 5.91 Å². The van der Waals surface area contributed by atoms with Gasteiger partial charge in [-0.3, -0.25) is 4.79 Å². The highest BCUT2D eigenvalue weighted by atomic mass is 16.5. The molecule has 6 nitrogen and oxygen atoms in total. The van der Waals surface area contributed by atoms with Crippen LogP contribution < -0.4 is 11.1 Å². The molecule has 1 amide bonds. The van der Waals surface area contributed by atoms with Crippen molar-refractivity contribution in [1.29, 1.82) is 0 Å². The Hall–Kier alpha value is -1.43. The van der Waals surface area contributed by atoms with E-state index in [-0.39, 0.29) is 5.91 Å². The summed E-state index contributed by atoms with van der Waals surface area (Å²) >= 11 is 0. The number of nitrogens with two attached hydrogens (primary N) is 1. The van der Waals surface area contributed by atoms with E-state index in [0.717, 1.165) is 0 Å². The van der Waals surface area contributed by atoms with E-state index in [1.54, 1.807) is 0 Å². The number of carbonyl (C=O) groups is 1. The molecule has 0 spiro atoms. The van der Waals surface area contributed by atoms with Gasteiger partial charge in [0.1, 0.15) is 0 Å². The molecular formula is C10H18N4O2. The predicted molar refractivity (Wildman–Crippen MR) is 58.4 cm³/mol. The molecule has 1 rings (SSSR count).